The summed E-state index contributed by atoms with van der Waals surface area (Å²) < 4.78 is 25.8. The molecule has 0 unspecified atom stereocenters. The number of rotatable bonds is 12. The summed E-state index contributed by atoms with van der Waals surface area (Å²) in [6.45, 7) is 5.39. The van der Waals surface area contributed by atoms with E-state index in [4.69, 9.17) is 37.4 Å². The lowest BCUT2D eigenvalue weighted by atomic mass is 10.1. The van der Waals surface area contributed by atoms with E-state index in [1.807, 2.05) is 18.2 Å². The third-order valence-electron chi connectivity index (χ3n) is 10.6. The van der Waals surface area contributed by atoms with Crippen molar-refractivity contribution in [1.82, 2.24) is 48.7 Å². The number of aromatic nitrogens is 10. The second-order valence-electron chi connectivity index (χ2n) is 16.7. The van der Waals surface area contributed by atoms with Gasteiger partial charge >= 0.3 is 6.09 Å². The van der Waals surface area contributed by atoms with Gasteiger partial charge in [-0.05, 0) is 129 Å². The van der Waals surface area contributed by atoms with Crippen molar-refractivity contribution in [3.05, 3.63) is 154 Å². The molecule has 6 heterocycles. The number of pyridine rings is 2. The molecule has 4 N–H and O–H groups in total. The van der Waals surface area contributed by atoms with Crippen molar-refractivity contribution >= 4 is 108 Å². The number of anilines is 4. The Morgan fingerprint density at radius 2 is 1.30 bits per heavy atom. The van der Waals surface area contributed by atoms with Crippen molar-refractivity contribution in [2.45, 2.75) is 32.8 Å². The van der Waals surface area contributed by atoms with Crippen LogP contribution in [0.2, 0.25) is 10.0 Å². The highest BCUT2D eigenvalue weighted by atomic mass is 35.5. The average molecular weight is 1060 g/mol. The molecule has 0 aliphatic carbocycles. The van der Waals surface area contributed by atoms with Crippen molar-refractivity contribution in [2.75, 3.05) is 30.2 Å². The summed E-state index contributed by atoms with van der Waals surface area (Å²) in [5.74, 6) is 2.56. The summed E-state index contributed by atoms with van der Waals surface area (Å²) in [6.07, 6.45) is 6.28. The molecule has 6 aromatic heterocycles. The van der Waals surface area contributed by atoms with Crippen LogP contribution in [0.15, 0.2) is 122 Å². The second kappa shape index (κ2) is 21.5. The predicted molar refractivity (Wildman–Crippen MR) is 282 cm³/mol. The van der Waals surface area contributed by atoms with Crippen molar-refractivity contribution in [3.63, 3.8) is 0 Å². The maximum atomic E-state index is 12.6. The highest BCUT2D eigenvalue weighted by Gasteiger charge is 2.22. The zero-order valence-corrected chi connectivity index (χ0v) is 42.4. The molecule has 2 amide bonds. The number of aromatic amines is 1. The van der Waals surface area contributed by atoms with Crippen LogP contribution in [0.3, 0.4) is 0 Å². The molecule has 23 heteroatoms. The molecular weight excluding hydrogens is 1010 g/mol. The number of nitrogens with one attached hydrogen (secondary N) is 4. The number of amides is 2. The number of halogens is 2. The first-order chi connectivity index (χ1) is 35.2. The zero-order valence-electron chi connectivity index (χ0n) is 39.3. The van der Waals surface area contributed by atoms with Crippen molar-refractivity contribution in [3.8, 4) is 34.3 Å². The molecule has 4 aromatic carbocycles. The molecule has 0 aliphatic heterocycles. The summed E-state index contributed by atoms with van der Waals surface area (Å²) in [5, 5.41) is 23.7. The standard InChI is InChI=1S/C28H25ClN6O4S.C22H16ClN7O2S/c1-28(2,3)39-27(37)35-21-10-7-17(24(29)20(21)15-31-35)14-23-33-25(34-40-23)18-11-12-30-22(13-18)32-26(36)16-5-8-19(38-4)9-6-16;1-32-14-4-2-12(3-5-14)21(31)27-18-10-13(8-9-24-18)20-28-22(33-30-20)26-17-7-6-16-15(19(17)23)11-25-29-16/h5-13,15H,14H2,1-4H3,(H,30,32,36);2-11H,1H3,(H,25,29)(H,24,27,31)(H,26,28,30). The number of nitrogens with zero attached hydrogens (tertiary/aromatic N) is 9. The van der Waals surface area contributed by atoms with Crippen LogP contribution in [-0.2, 0) is 11.2 Å². The lowest BCUT2D eigenvalue weighted by Gasteiger charge is -2.19. The molecule has 0 saturated carbocycles. The topological polar surface area (TPSA) is 239 Å². The number of ether oxygens (including phenoxy) is 3. The number of methoxy groups -OCH3 is 2. The van der Waals surface area contributed by atoms with Crippen molar-refractivity contribution in [1.29, 1.82) is 0 Å². The van der Waals surface area contributed by atoms with Crippen LogP contribution >= 0.6 is 46.3 Å². The van der Waals surface area contributed by atoms with E-state index in [9.17, 15) is 14.4 Å². The van der Waals surface area contributed by atoms with E-state index in [1.165, 1.54) is 27.7 Å². The van der Waals surface area contributed by atoms with Gasteiger partial charge < -0.3 is 30.2 Å². The van der Waals surface area contributed by atoms with Crippen LogP contribution in [0.25, 0.3) is 44.6 Å². The number of H-pyrrole nitrogens is 1. The van der Waals surface area contributed by atoms with E-state index in [0.29, 0.717) is 89.7 Å². The Bertz CT molecular complexity index is 3630. The Kier molecular flexibility index (Phi) is 14.6. The summed E-state index contributed by atoms with van der Waals surface area (Å²) in [5.41, 5.74) is 4.69. The number of carbonyl (C=O) groups excluding carboxylic acids is 3. The number of hydrogen-bond acceptors (Lipinski definition) is 17. The first-order valence-corrected chi connectivity index (χ1v) is 24.3. The van der Waals surface area contributed by atoms with Crippen LogP contribution in [0.5, 0.6) is 11.5 Å². The van der Waals surface area contributed by atoms with Gasteiger partial charge in [0.15, 0.2) is 11.6 Å². The van der Waals surface area contributed by atoms with Gasteiger partial charge in [-0.1, -0.05) is 29.3 Å². The van der Waals surface area contributed by atoms with Crippen molar-refractivity contribution < 1.29 is 28.6 Å². The Morgan fingerprint density at radius 3 is 1.90 bits per heavy atom. The van der Waals surface area contributed by atoms with Gasteiger partial charge in [-0.25, -0.2) is 19.7 Å². The first-order valence-electron chi connectivity index (χ1n) is 22.0. The van der Waals surface area contributed by atoms with Crippen LogP contribution in [-0.4, -0.2) is 86.4 Å². The van der Waals surface area contributed by atoms with Gasteiger partial charge in [-0.2, -0.15) is 28.6 Å². The Balaban J connectivity index is 0.000000183. The van der Waals surface area contributed by atoms with Gasteiger partial charge in [0, 0.05) is 63.4 Å². The molecule has 0 radical (unpaired) electrons. The quantitative estimate of drug-likeness (QED) is 0.0890. The molecule has 10 rings (SSSR count). The van der Waals surface area contributed by atoms with Gasteiger partial charge in [0.25, 0.3) is 11.8 Å². The molecule has 0 bridgehead atoms. The average Bonchev–Trinajstić information content (AvgIpc) is 4.24. The fourth-order valence-electron chi connectivity index (χ4n) is 7.03. The minimum atomic E-state index is -0.646. The molecule has 0 atom stereocenters. The largest absolute Gasteiger partial charge is 0.497 e. The maximum absolute atomic E-state index is 12.6. The van der Waals surface area contributed by atoms with E-state index in [1.54, 1.807) is 139 Å². The molecule has 0 aliphatic rings. The molecule has 10 aromatic rings. The summed E-state index contributed by atoms with van der Waals surface area (Å²) in [4.78, 5) is 55.4. The van der Waals surface area contributed by atoms with Gasteiger partial charge in [0.05, 0.1) is 53.4 Å². The number of carbonyl (C=O) groups is 3. The Hall–Kier alpha value is -8.37. The minimum Gasteiger partial charge on any atom is -0.497 e. The van der Waals surface area contributed by atoms with E-state index >= 15 is 0 Å². The minimum absolute atomic E-state index is 0.278. The van der Waals surface area contributed by atoms with Gasteiger partial charge in [0.2, 0.25) is 5.13 Å². The fourth-order valence-corrected chi connectivity index (χ4v) is 8.85. The molecule has 0 spiro atoms. The zero-order chi connectivity index (χ0) is 51.2. The van der Waals surface area contributed by atoms with Crippen LogP contribution < -0.4 is 25.4 Å². The normalized spacial score (nSPS) is 11.2. The molecule has 0 fully saturated rings. The second-order valence-corrected chi connectivity index (χ2v) is 19.1. The molecular formula is C50H41Cl2N13O6S2. The smallest absolute Gasteiger partial charge is 0.435 e. The van der Waals surface area contributed by atoms with Gasteiger partial charge in [-0.3, -0.25) is 14.7 Å². The molecule has 19 nitrogen and oxygen atoms in total. The fraction of sp³-hybridized carbons (Fsp3) is 0.140. The van der Waals surface area contributed by atoms with Crippen molar-refractivity contribution in [2.24, 2.45) is 0 Å². The summed E-state index contributed by atoms with van der Waals surface area (Å²) in [7, 11) is 3.14. The van der Waals surface area contributed by atoms with Gasteiger partial charge in [-0.15, -0.1) is 0 Å². The summed E-state index contributed by atoms with van der Waals surface area (Å²) >= 11 is 15.6. The van der Waals surface area contributed by atoms with Crippen LogP contribution in [0, 0.1) is 0 Å². The molecule has 0 saturated heterocycles. The first kappa shape index (κ1) is 49.6. The van der Waals surface area contributed by atoms with Gasteiger partial charge in [0.1, 0.15) is 33.7 Å². The number of benzene rings is 4. The van der Waals surface area contributed by atoms with Crippen LogP contribution in [0.1, 0.15) is 52.1 Å². The SMILES string of the molecule is COc1ccc(C(=O)Nc2cc(-c3nsc(Cc4ccc5c(cnn5C(=O)OC(C)(C)C)c4Cl)n3)ccn2)cc1.COc1ccc(C(=O)Nc2cc(-c3nsc(Nc4ccc5[nH]ncc5c4Cl)n3)ccn2)cc1. The third-order valence-corrected chi connectivity index (χ3v) is 12.8. The van der Waals surface area contributed by atoms with E-state index in [0.717, 1.165) is 27.0 Å². The maximum Gasteiger partial charge on any atom is 0.435 e. The third kappa shape index (κ3) is 11.7. The Labute approximate surface area is 434 Å². The number of hydrogen-bond donors (Lipinski definition) is 4. The van der Waals surface area contributed by atoms with E-state index in [2.05, 4.69) is 59.9 Å². The highest BCUT2D eigenvalue weighted by molar-refractivity contribution is 7.10. The lowest BCUT2D eigenvalue weighted by Crippen LogP contribution is -2.27. The highest BCUT2D eigenvalue weighted by Crippen LogP contribution is 2.34. The number of fused-ring (bicyclic) bond motifs is 2. The van der Waals surface area contributed by atoms with E-state index < -0.39 is 11.7 Å². The summed E-state index contributed by atoms with van der Waals surface area (Å²) in [6, 6.07) is 28.0. The molecule has 368 valence electrons. The monoisotopic (exact) mass is 1050 g/mol. The predicted octanol–water partition coefficient (Wildman–Crippen LogP) is 11.4. The lowest BCUT2D eigenvalue weighted by molar-refractivity contribution is 0.0522. The van der Waals surface area contributed by atoms with E-state index in [-0.39, 0.29) is 11.8 Å². The molecule has 73 heavy (non-hydrogen) atoms. The van der Waals surface area contributed by atoms with Crippen LogP contribution in [0.4, 0.5) is 27.2 Å². The Morgan fingerprint density at radius 1 is 0.699 bits per heavy atom.